The molecule has 36 heavy (non-hydrogen) atoms. The van der Waals surface area contributed by atoms with Gasteiger partial charge in [0.25, 0.3) is 0 Å². The standard InChI is InChI=1S/C33H50O3/c1-9-20-36-28(35)33-17-12-22(21(2)3)27(33)23-10-11-25-30(6)15-14-26(34)29(4,5)24(30)13-16-32(25,8)31(23,7)18-19-33/h1,22-27,34H,2,10-20H2,3-8H3/t22-,23+,24?,25+,26-,27+,30-,31+,32+,33-/m0/s1. The fourth-order valence-electron chi connectivity index (χ4n) is 11.7. The molecule has 0 aromatic carbocycles. The van der Waals surface area contributed by atoms with E-state index >= 15 is 0 Å². The van der Waals surface area contributed by atoms with Crippen molar-refractivity contribution in [1.29, 1.82) is 0 Å². The highest BCUT2D eigenvalue weighted by Crippen LogP contribution is 2.77. The molecule has 3 heteroatoms. The van der Waals surface area contributed by atoms with Crippen molar-refractivity contribution in [3.63, 3.8) is 0 Å². The van der Waals surface area contributed by atoms with E-state index in [1.807, 2.05) is 0 Å². The Morgan fingerprint density at radius 2 is 1.67 bits per heavy atom. The number of rotatable bonds is 3. The van der Waals surface area contributed by atoms with Gasteiger partial charge in [0.15, 0.2) is 6.61 Å². The molecule has 0 aromatic rings. The number of carbonyl (C=O) groups is 1. The van der Waals surface area contributed by atoms with Gasteiger partial charge in [0.2, 0.25) is 0 Å². The van der Waals surface area contributed by atoms with E-state index < -0.39 is 5.41 Å². The number of hydrogen-bond acceptors (Lipinski definition) is 3. The maximum Gasteiger partial charge on any atom is 0.313 e. The molecule has 0 aromatic heterocycles. The molecule has 0 bridgehead atoms. The van der Waals surface area contributed by atoms with Crippen molar-refractivity contribution in [1.82, 2.24) is 0 Å². The summed E-state index contributed by atoms with van der Waals surface area (Å²) in [6, 6.07) is 0. The molecule has 0 amide bonds. The van der Waals surface area contributed by atoms with Crippen molar-refractivity contribution in [2.45, 2.75) is 112 Å². The van der Waals surface area contributed by atoms with Gasteiger partial charge >= 0.3 is 5.97 Å². The average Bonchev–Trinajstić information content (AvgIpc) is 3.22. The van der Waals surface area contributed by atoms with Crippen LogP contribution in [0.4, 0.5) is 0 Å². The third kappa shape index (κ3) is 3.18. The predicted molar refractivity (Wildman–Crippen MR) is 145 cm³/mol. The van der Waals surface area contributed by atoms with E-state index in [1.165, 1.54) is 31.3 Å². The van der Waals surface area contributed by atoms with Crippen molar-refractivity contribution in [3.8, 4) is 12.3 Å². The first-order valence-corrected chi connectivity index (χ1v) is 14.7. The van der Waals surface area contributed by atoms with Crippen LogP contribution in [-0.2, 0) is 9.53 Å². The summed E-state index contributed by atoms with van der Waals surface area (Å²) < 4.78 is 5.70. The van der Waals surface area contributed by atoms with Gasteiger partial charge in [0.05, 0.1) is 11.5 Å². The number of ether oxygens (including phenoxy) is 1. The van der Waals surface area contributed by atoms with E-state index in [0.717, 1.165) is 38.5 Å². The second kappa shape index (κ2) is 8.36. The number of terminal acetylenes is 1. The van der Waals surface area contributed by atoms with Crippen LogP contribution in [-0.4, -0.2) is 23.8 Å². The minimum atomic E-state index is -0.397. The summed E-state index contributed by atoms with van der Waals surface area (Å²) >= 11 is 0. The van der Waals surface area contributed by atoms with Crippen LogP contribution in [0.1, 0.15) is 106 Å². The quantitative estimate of drug-likeness (QED) is 0.257. The molecule has 5 rings (SSSR count). The zero-order chi connectivity index (χ0) is 26.3. The lowest BCUT2D eigenvalue weighted by Gasteiger charge is -2.72. The molecule has 0 heterocycles. The van der Waals surface area contributed by atoms with E-state index in [0.29, 0.717) is 29.6 Å². The smallest absolute Gasteiger partial charge is 0.313 e. The van der Waals surface area contributed by atoms with Crippen LogP contribution in [0.3, 0.4) is 0 Å². The Morgan fingerprint density at radius 1 is 0.944 bits per heavy atom. The van der Waals surface area contributed by atoms with Gasteiger partial charge in [-0.3, -0.25) is 4.79 Å². The fraction of sp³-hybridized carbons (Fsp3) is 0.848. The zero-order valence-electron chi connectivity index (χ0n) is 23.8. The molecule has 5 aliphatic rings. The molecule has 200 valence electrons. The first-order valence-electron chi connectivity index (χ1n) is 14.7. The molecule has 0 radical (unpaired) electrons. The Balaban J connectivity index is 1.54. The molecule has 5 fully saturated rings. The lowest BCUT2D eigenvalue weighted by molar-refractivity contribution is -0.248. The molecule has 0 saturated heterocycles. The van der Waals surface area contributed by atoms with Crippen molar-refractivity contribution >= 4 is 5.97 Å². The van der Waals surface area contributed by atoms with Gasteiger partial charge in [0.1, 0.15) is 0 Å². The summed E-state index contributed by atoms with van der Waals surface area (Å²) in [5, 5.41) is 11.0. The second-order valence-electron chi connectivity index (χ2n) is 15.0. The highest BCUT2D eigenvalue weighted by atomic mass is 16.5. The number of fused-ring (bicyclic) bond motifs is 7. The molecule has 1 N–H and O–H groups in total. The molecule has 5 aliphatic carbocycles. The van der Waals surface area contributed by atoms with E-state index in [1.54, 1.807) is 0 Å². The van der Waals surface area contributed by atoms with Gasteiger partial charge in [-0.2, -0.15) is 0 Å². The third-order valence-electron chi connectivity index (χ3n) is 13.7. The number of aliphatic hydroxyl groups excluding tert-OH is 1. The lowest BCUT2D eigenvalue weighted by atomic mass is 9.32. The SMILES string of the molecule is C#CCOC(=O)[C@]12CC[C@@H](C(=C)C)[C@@H]1[C@H]1CC[C@@H]3[C@@]4(C)CC[C@H](O)C(C)(C)C4CC[C@@]3(C)[C@]1(C)CC2. The summed E-state index contributed by atoms with van der Waals surface area (Å²) in [7, 11) is 0. The van der Waals surface area contributed by atoms with Crippen molar-refractivity contribution in [3.05, 3.63) is 12.2 Å². The highest BCUT2D eigenvalue weighted by molar-refractivity contribution is 5.78. The van der Waals surface area contributed by atoms with Gasteiger partial charge in [-0.15, -0.1) is 6.42 Å². The molecule has 5 saturated carbocycles. The Morgan fingerprint density at radius 3 is 2.33 bits per heavy atom. The van der Waals surface area contributed by atoms with Gasteiger partial charge in [-0.25, -0.2) is 0 Å². The topological polar surface area (TPSA) is 46.5 Å². The van der Waals surface area contributed by atoms with Crippen LogP contribution in [0.2, 0.25) is 0 Å². The molecular weight excluding hydrogens is 444 g/mol. The second-order valence-corrected chi connectivity index (χ2v) is 15.0. The Bertz CT molecular complexity index is 974. The number of allylic oxidation sites excluding steroid dienone is 1. The minimum Gasteiger partial charge on any atom is -0.452 e. The van der Waals surface area contributed by atoms with Gasteiger partial charge in [-0.1, -0.05) is 52.7 Å². The summed E-state index contributed by atoms with van der Waals surface area (Å²) in [5.74, 6) is 4.93. The first-order chi connectivity index (χ1) is 16.8. The average molecular weight is 495 g/mol. The molecule has 0 aliphatic heterocycles. The minimum absolute atomic E-state index is 0.0227. The van der Waals surface area contributed by atoms with Crippen LogP contribution in [0.25, 0.3) is 0 Å². The van der Waals surface area contributed by atoms with Crippen molar-refractivity contribution in [2.24, 2.45) is 56.7 Å². The van der Waals surface area contributed by atoms with Gasteiger partial charge in [0, 0.05) is 0 Å². The Labute approximate surface area is 220 Å². The molecule has 0 spiro atoms. The van der Waals surface area contributed by atoms with E-state index in [2.05, 4.69) is 54.0 Å². The normalized spacial score (nSPS) is 51.1. The number of hydrogen-bond donors (Lipinski definition) is 1. The Kier molecular flexibility index (Phi) is 6.12. The van der Waals surface area contributed by atoms with Gasteiger partial charge < -0.3 is 9.84 Å². The van der Waals surface area contributed by atoms with Crippen molar-refractivity contribution in [2.75, 3.05) is 6.61 Å². The third-order valence-corrected chi connectivity index (χ3v) is 13.7. The lowest BCUT2D eigenvalue weighted by Crippen LogP contribution is -2.67. The zero-order valence-corrected chi connectivity index (χ0v) is 23.8. The van der Waals surface area contributed by atoms with Crippen LogP contribution < -0.4 is 0 Å². The van der Waals surface area contributed by atoms with Crippen LogP contribution in [0.5, 0.6) is 0 Å². The monoisotopic (exact) mass is 494 g/mol. The van der Waals surface area contributed by atoms with E-state index in [-0.39, 0.29) is 40.3 Å². The molecule has 10 atom stereocenters. The summed E-state index contributed by atoms with van der Waals surface area (Å²) in [6.07, 6.45) is 16.2. The van der Waals surface area contributed by atoms with Crippen LogP contribution in [0.15, 0.2) is 12.2 Å². The maximum atomic E-state index is 13.6. The number of aliphatic hydroxyl groups is 1. The van der Waals surface area contributed by atoms with E-state index in [9.17, 15) is 9.90 Å². The van der Waals surface area contributed by atoms with Crippen LogP contribution >= 0.6 is 0 Å². The summed E-state index contributed by atoms with van der Waals surface area (Å²) in [5.41, 5.74) is 1.53. The van der Waals surface area contributed by atoms with Gasteiger partial charge in [-0.05, 0) is 122 Å². The largest absolute Gasteiger partial charge is 0.452 e. The maximum absolute atomic E-state index is 13.6. The van der Waals surface area contributed by atoms with Crippen molar-refractivity contribution < 1.29 is 14.6 Å². The molecule has 3 nitrogen and oxygen atoms in total. The van der Waals surface area contributed by atoms with Crippen LogP contribution in [0, 0.1) is 69.0 Å². The molecule has 1 unspecified atom stereocenters. The fourth-order valence-corrected chi connectivity index (χ4v) is 11.7. The number of carbonyl (C=O) groups excluding carboxylic acids is 1. The van der Waals surface area contributed by atoms with E-state index in [4.69, 9.17) is 11.2 Å². The summed E-state index contributed by atoms with van der Waals surface area (Å²) in [4.78, 5) is 13.6. The number of esters is 1. The highest BCUT2D eigenvalue weighted by Gasteiger charge is 2.72. The Hall–Kier alpha value is -1.27. The first kappa shape index (κ1) is 26.3. The predicted octanol–water partition coefficient (Wildman–Crippen LogP) is 7.18. The summed E-state index contributed by atoms with van der Waals surface area (Å²) in [6.45, 7) is 19.1. The molecular formula is C33H50O3.